The summed E-state index contributed by atoms with van der Waals surface area (Å²) < 4.78 is 5.72. The van der Waals surface area contributed by atoms with Gasteiger partial charge >= 0.3 is 6.03 Å². The summed E-state index contributed by atoms with van der Waals surface area (Å²) in [5, 5.41) is 6.48. The third-order valence-electron chi connectivity index (χ3n) is 3.81. The minimum Gasteiger partial charge on any atom is -0.489 e. The second-order valence-electron chi connectivity index (χ2n) is 6.86. The first-order valence-electron chi connectivity index (χ1n) is 8.34. The van der Waals surface area contributed by atoms with Crippen LogP contribution >= 0.6 is 11.6 Å². The summed E-state index contributed by atoms with van der Waals surface area (Å²) >= 11 is 5.94. The quantitative estimate of drug-likeness (QED) is 0.741. The number of hydrogen-bond donors (Lipinski definition) is 2. The average molecular weight is 361 g/mol. The summed E-state index contributed by atoms with van der Waals surface area (Å²) in [5.74, 6) is 0.657. The highest BCUT2D eigenvalue weighted by molar-refractivity contribution is 6.30. The van der Waals surface area contributed by atoms with E-state index in [1.54, 1.807) is 0 Å². The molecule has 5 heteroatoms. The Morgan fingerprint density at radius 1 is 1.12 bits per heavy atom. The predicted octanol–water partition coefficient (Wildman–Crippen LogP) is 5.23. The Kier molecular flexibility index (Phi) is 6.32. The van der Waals surface area contributed by atoms with Gasteiger partial charge in [-0.3, -0.25) is 0 Å². The summed E-state index contributed by atoms with van der Waals surface area (Å²) in [4.78, 5) is 12.3. The molecule has 25 heavy (non-hydrogen) atoms. The van der Waals surface area contributed by atoms with Gasteiger partial charge < -0.3 is 15.4 Å². The number of carbonyl (C=O) groups is 1. The first-order chi connectivity index (χ1) is 11.8. The Hall–Kier alpha value is -2.20. The third-order valence-corrected chi connectivity index (χ3v) is 4.07. The molecule has 134 valence electrons. The number of halogens is 1. The normalized spacial score (nSPS) is 11.3. The maximum atomic E-state index is 12.3. The number of ether oxygens (including phenoxy) is 1. The van der Waals surface area contributed by atoms with Gasteiger partial charge in [0.25, 0.3) is 0 Å². The maximum absolute atomic E-state index is 12.3. The van der Waals surface area contributed by atoms with Crippen LogP contribution in [0.4, 0.5) is 10.5 Å². The zero-order chi connectivity index (χ0) is 18.4. The molecule has 0 aliphatic carbocycles. The molecule has 0 aliphatic heterocycles. The third kappa shape index (κ3) is 5.68. The number of amides is 2. The molecule has 0 saturated carbocycles. The van der Waals surface area contributed by atoms with E-state index in [4.69, 9.17) is 16.3 Å². The lowest BCUT2D eigenvalue weighted by Crippen LogP contribution is -2.39. The van der Waals surface area contributed by atoms with Gasteiger partial charge in [-0.15, -0.1) is 0 Å². The van der Waals surface area contributed by atoms with Crippen molar-refractivity contribution >= 4 is 23.3 Å². The van der Waals surface area contributed by atoms with Crippen molar-refractivity contribution in [2.24, 2.45) is 0 Å². The number of hydrogen-bond acceptors (Lipinski definition) is 2. The van der Waals surface area contributed by atoms with Crippen LogP contribution < -0.4 is 15.4 Å². The van der Waals surface area contributed by atoms with Crippen LogP contribution in [0.25, 0.3) is 0 Å². The molecule has 0 fully saturated rings. The molecule has 0 unspecified atom stereocenters. The van der Waals surface area contributed by atoms with Crippen molar-refractivity contribution in [1.82, 2.24) is 5.32 Å². The van der Waals surface area contributed by atoms with Crippen LogP contribution in [-0.2, 0) is 5.41 Å². The van der Waals surface area contributed by atoms with E-state index in [9.17, 15) is 4.79 Å². The highest BCUT2D eigenvalue weighted by Crippen LogP contribution is 2.26. The average Bonchev–Trinajstić information content (AvgIpc) is 2.55. The Morgan fingerprint density at radius 3 is 2.40 bits per heavy atom. The number of para-hydroxylation sites is 2. The van der Waals surface area contributed by atoms with Crippen LogP contribution in [-0.4, -0.2) is 18.7 Å². The summed E-state index contributed by atoms with van der Waals surface area (Å²) in [5.41, 5.74) is 1.55. The smallest absolute Gasteiger partial charge is 0.319 e. The minimum absolute atomic E-state index is 0.0369. The van der Waals surface area contributed by atoms with Crippen LogP contribution in [0.5, 0.6) is 5.75 Å². The van der Waals surface area contributed by atoms with Gasteiger partial charge in [-0.25, -0.2) is 4.79 Å². The fraction of sp³-hybridized carbons (Fsp3) is 0.350. The molecule has 0 spiro atoms. The SMILES string of the molecule is CC(C)Oc1ccccc1NC(=O)NCC(C)(C)c1ccc(Cl)cc1. The van der Waals surface area contributed by atoms with Crippen LogP contribution in [0.15, 0.2) is 48.5 Å². The van der Waals surface area contributed by atoms with Crippen molar-refractivity contribution in [3.05, 3.63) is 59.1 Å². The number of urea groups is 1. The number of benzene rings is 2. The summed E-state index contributed by atoms with van der Waals surface area (Å²) in [6.45, 7) is 8.54. The summed E-state index contributed by atoms with van der Waals surface area (Å²) in [6, 6.07) is 14.8. The maximum Gasteiger partial charge on any atom is 0.319 e. The summed E-state index contributed by atoms with van der Waals surface area (Å²) in [7, 11) is 0. The first kappa shape index (κ1) is 19.1. The number of anilines is 1. The molecule has 2 amide bonds. The molecule has 0 bridgehead atoms. The highest BCUT2D eigenvalue weighted by Gasteiger charge is 2.21. The number of carbonyl (C=O) groups excluding carboxylic acids is 1. The molecule has 2 aromatic carbocycles. The number of rotatable bonds is 6. The molecular weight excluding hydrogens is 336 g/mol. The zero-order valence-corrected chi connectivity index (χ0v) is 15.9. The molecule has 0 atom stereocenters. The second-order valence-corrected chi connectivity index (χ2v) is 7.30. The van der Waals surface area contributed by atoms with Crippen LogP contribution in [0.1, 0.15) is 33.3 Å². The zero-order valence-electron chi connectivity index (χ0n) is 15.1. The van der Waals surface area contributed by atoms with Crippen molar-refractivity contribution in [2.45, 2.75) is 39.2 Å². The summed E-state index contributed by atoms with van der Waals surface area (Å²) in [6.07, 6.45) is 0.0369. The lowest BCUT2D eigenvalue weighted by atomic mass is 9.85. The van der Waals surface area contributed by atoms with E-state index < -0.39 is 0 Å². The van der Waals surface area contributed by atoms with E-state index in [1.807, 2.05) is 62.4 Å². The van der Waals surface area contributed by atoms with Crippen molar-refractivity contribution < 1.29 is 9.53 Å². The van der Waals surface area contributed by atoms with Crippen LogP contribution in [0.2, 0.25) is 5.02 Å². The molecule has 0 aliphatic rings. The van der Waals surface area contributed by atoms with Gasteiger partial charge in [-0.2, -0.15) is 0 Å². The second kappa shape index (κ2) is 8.26. The predicted molar refractivity (Wildman–Crippen MR) is 104 cm³/mol. The Morgan fingerprint density at radius 2 is 1.76 bits per heavy atom. The Balaban J connectivity index is 1.98. The van der Waals surface area contributed by atoms with Gasteiger partial charge in [0.2, 0.25) is 0 Å². The van der Waals surface area contributed by atoms with E-state index in [2.05, 4.69) is 24.5 Å². The molecule has 2 rings (SSSR count). The number of nitrogens with one attached hydrogen (secondary N) is 2. The van der Waals surface area contributed by atoms with Gasteiger partial charge in [0.1, 0.15) is 5.75 Å². The fourth-order valence-corrected chi connectivity index (χ4v) is 2.52. The fourth-order valence-electron chi connectivity index (χ4n) is 2.40. The van der Waals surface area contributed by atoms with Crippen molar-refractivity contribution in [2.75, 3.05) is 11.9 Å². The van der Waals surface area contributed by atoms with Crippen LogP contribution in [0, 0.1) is 0 Å². The van der Waals surface area contributed by atoms with Gasteiger partial charge in [-0.05, 0) is 43.7 Å². The minimum atomic E-state index is -0.262. The van der Waals surface area contributed by atoms with E-state index in [0.717, 1.165) is 5.56 Å². The largest absolute Gasteiger partial charge is 0.489 e. The molecule has 4 nitrogen and oxygen atoms in total. The topological polar surface area (TPSA) is 50.4 Å². The lowest BCUT2D eigenvalue weighted by molar-refractivity contribution is 0.241. The molecule has 2 N–H and O–H groups in total. The lowest BCUT2D eigenvalue weighted by Gasteiger charge is -2.26. The van der Waals surface area contributed by atoms with Gasteiger partial charge in [0.05, 0.1) is 11.8 Å². The Labute approximate surface area is 154 Å². The monoisotopic (exact) mass is 360 g/mol. The molecule has 2 aromatic rings. The van der Waals surface area contributed by atoms with E-state index in [-0.39, 0.29) is 17.6 Å². The molecule has 0 heterocycles. The van der Waals surface area contributed by atoms with Crippen LogP contribution in [0.3, 0.4) is 0 Å². The molecule has 0 aromatic heterocycles. The van der Waals surface area contributed by atoms with Crippen molar-refractivity contribution in [1.29, 1.82) is 0 Å². The molecular formula is C20H25ClN2O2. The van der Waals surface area contributed by atoms with Crippen molar-refractivity contribution in [3.8, 4) is 5.75 Å². The van der Waals surface area contributed by atoms with E-state index in [1.165, 1.54) is 0 Å². The Bertz CT molecular complexity index is 712. The highest BCUT2D eigenvalue weighted by atomic mass is 35.5. The van der Waals surface area contributed by atoms with Crippen molar-refractivity contribution in [3.63, 3.8) is 0 Å². The molecule has 0 radical (unpaired) electrons. The first-order valence-corrected chi connectivity index (χ1v) is 8.72. The van der Waals surface area contributed by atoms with E-state index in [0.29, 0.717) is 23.0 Å². The molecule has 0 saturated heterocycles. The van der Waals surface area contributed by atoms with Gasteiger partial charge in [0.15, 0.2) is 0 Å². The standard InChI is InChI=1S/C20H25ClN2O2/c1-14(2)25-18-8-6-5-7-17(18)23-19(24)22-13-20(3,4)15-9-11-16(21)12-10-15/h5-12,14H,13H2,1-4H3,(H2,22,23,24). The van der Waals surface area contributed by atoms with Gasteiger partial charge in [-0.1, -0.05) is 49.7 Å². The van der Waals surface area contributed by atoms with Gasteiger partial charge in [0, 0.05) is 17.0 Å². The van der Waals surface area contributed by atoms with E-state index >= 15 is 0 Å².